The van der Waals surface area contributed by atoms with Crippen LogP contribution in [0.25, 0.3) is 5.95 Å². The summed E-state index contributed by atoms with van der Waals surface area (Å²) in [5.41, 5.74) is 0. The summed E-state index contributed by atoms with van der Waals surface area (Å²) in [5.74, 6) is 2.71. The zero-order chi connectivity index (χ0) is 13.7. The highest BCUT2D eigenvalue weighted by atomic mass is 32.2. The molecule has 0 bridgehead atoms. The summed E-state index contributed by atoms with van der Waals surface area (Å²) in [6.07, 6.45) is 3.53. The molecular weight excluding hydrogens is 260 g/mol. The van der Waals surface area contributed by atoms with Crippen LogP contribution in [0.2, 0.25) is 0 Å². The lowest BCUT2D eigenvalue weighted by Gasteiger charge is -2.08. The first-order valence-corrected chi connectivity index (χ1v) is 7.30. The Morgan fingerprint density at radius 1 is 1.32 bits per heavy atom. The van der Waals surface area contributed by atoms with E-state index in [0.717, 1.165) is 17.5 Å². The molecule has 0 aliphatic heterocycles. The van der Waals surface area contributed by atoms with Gasteiger partial charge < -0.3 is 5.32 Å². The Morgan fingerprint density at radius 3 is 2.79 bits per heavy atom. The van der Waals surface area contributed by atoms with Crippen molar-refractivity contribution in [3.8, 4) is 5.95 Å². The Kier molecular flexibility index (Phi) is 4.73. The average molecular weight is 278 g/mol. The van der Waals surface area contributed by atoms with Crippen LogP contribution in [0.5, 0.6) is 0 Å². The molecule has 0 aliphatic carbocycles. The first-order valence-electron chi connectivity index (χ1n) is 6.31. The highest BCUT2D eigenvalue weighted by molar-refractivity contribution is 7.99. The lowest BCUT2D eigenvalue weighted by molar-refractivity contribution is 0.738. The molecule has 0 aliphatic rings. The van der Waals surface area contributed by atoms with Gasteiger partial charge >= 0.3 is 0 Å². The molecule has 2 aromatic rings. The zero-order valence-corrected chi connectivity index (χ0v) is 12.2. The van der Waals surface area contributed by atoms with Crippen molar-refractivity contribution in [3.63, 3.8) is 0 Å². The minimum absolute atomic E-state index is 0.544. The molecule has 0 amide bonds. The Hall–Kier alpha value is -1.63. The molecule has 0 radical (unpaired) electrons. The molecule has 0 aromatic carbocycles. The summed E-state index contributed by atoms with van der Waals surface area (Å²) in [6, 6.07) is 1.84. The molecule has 2 heterocycles. The van der Waals surface area contributed by atoms with E-state index in [4.69, 9.17) is 0 Å². The van der Waals surface area contributed by atoms with E-state index in [1.807, 2.05) is 19.2 Å². The molecule has 7 heteroatoms. The average Bonchev–Trinajstić information content (AvgIpc) is 2.90. The van der Waals surface area contributed by atoms with Crippen molar-refractivity contribution in [1.29, 1.82) is 0 Å². The Balaban J connectivity index is 2.27. The molecule has 0 fully saturated rings. The maximum Gasteiger partial charge on any atom is 0.256 e. The smallest absolute Gasteiger partial charge is 0.256 e. The van der Waals surface area contributed by atoms with Crippen molar-refractivity contribution in [3.05, 3.63) is 18.5 Å². The number of nitrogens with zero attached hydrogens (tertiary/aromatic N) is 5. The Morgan fingerprint density at radius 2 is 2.16 bits per heavy atom. The second-order valence-corrected chi connectivity index (χ2v) is 5.41. The van der Waals surface area contributed by atoms with Crippen LogP contribution in [-0.2, 0) is 0 Å². The standard InChI is InChI=1S/C12H18N6S/c1-4-13-10-15-11(18-7-5-6-14-18)17-12(16-10)19-8-9(2)3/h5-7,9H,4,8H2,1-3H3,(H,13,15,16,17). The maximum absolute atomic E-state index is 4.43. The lowest BCUT2D eigenvalue weighted by atomic mass is 10.3. The van der Waals surface area contributed by atoms with Crippen LogP contribution >= 0.6 is 11.8 Å². The minimum atomic E-state index is 0.544. The summed E-state index contributed by atoms with van der Waals surface area (Å²) >= 11 is 1.64. The van der Waals surface area contributed by atoms with E-state index in [-0.39, 0.29) is 0 Å². The van der Waals surface area contributed by atoms with Crippen LogP contribution in [0.4, 0.5) is 5.95 Å². The molecule has 0 spiro atoms. The van der Waals surface area contributed by atoms with Crippen LogP contribution in [0.3, 0.4) is 0 Å². The van der Waals surface area contributed by atoms with Crippen molar-refractivity contribution in [1.82, 2.24) is 24.7 Å². The Bertz CT molecular complexity index is 511. The first-order chi connectivity index (χ1) is 9.19. The van der Waals surface area contributed by atoms with E-state index in [1.165, 1.54) is 0 Å². The van der Waals surface area contributed by atoms with Crippen LogP contribution in [0.1, 0.15) is 20.8 Å². The topological polar surface area (TPSA) is 68.5 Å². The predicted octanol–water partition coefficient (Wildman–Crippen LogP) is 2.24. The molecule has 0 unspecified atom stereocenters. The summed E-state index contributed by atoms with van der Waals surface area (Å²) < 4.78 is 1.64. The number of hydrogen-bond acceptors (Lipinski definition) is 6. The van der Waals surface area contributed by atoms with Gasteiger partial charge in [-0.2, -0.15) is 20.1 Å². The molecule has 0 saturated heterocycles. The quantitative estimate of drug-likeness (QED) is 0.817. The lowest BCUT2D eigenvalue weighted by Crippen LogP contribution is -2.10. The number of anilines is 1. The third kappa shape index (κ3) is 3.92. The second-order valence-electron chi connectivity index (χ2n) is 4.43. The van der Waals surface area contributed by atoms with Crippen molar-refractivity contribution in [2.24, 2.45) is 5.92 Å². The number of rotatable bonds is 6. The monoisotopic (exact) mass is 278 g/mol. The van der Waals surface area contributed by atoms with Gasteiger partial charge in [0.2, 0.25) is 5.95 Å². The van der Waals surface area contributed by atoms with Crippen LogP contribution in [0.15, 0.2) is 23.6 Å². The van der Waals surface area contributed by atoms with Gasteiger partial charge in [-0.25, -0.2) is 4.68 Å². The number of nitrogens with one attached hydrogen (secondary N) is 1. The summed E-state index contributed by atoms with van der Waals surface area (Å²) in [7, 11) is 0. The predicted molar refractivity (Wildman–Crippen MR) is 76.7 cm³/mol. The Labute approximate surface area is 117 Å². The minimum Gasteiger partial charge on any atom is -0.354 e. The fourth-order valence-corrected chi connectivity index (χ4v) is 2.16. The largest absolute Gasteiger partial charge is 0.354 e. The number of hydrogen-bond donors (Lipinski definition) is 1. The van der Waals surface area contributed by atoms with E-state index >= 15 is 0 Å². The SMILES string of the molecule is CCNc1nc(SCC(C)C)nc(-n2cccn2)n1. The second kappa shape index (κ2) is 6.51. The summed E-state index contributed by atoms with van der Waals surface area (Å²) in [5, 5.41) is 8.00. The van der Waals surface area contributed by atoms with Gasteiger partial charge in [-0.3, -0.25) is 0 Å². The number of aromatic nitrogens is 5. The van der Waals surface area contributed by atoms with Gasteiger partial charge in [0, 0.05) is 24.7 Å². The van der Waals surface area contributed by atoms with Crippen molar-refractivity contribution in [2.45, 2.75) is 25.9 Å². The van der Waals surface area contributed by atoms with Gasteiger partial charge in [0.25, 0.3) is 5.95 Å². The molecule has 102 valence electrons. The van der Waals surface area contributed by atoms with Gasteiger partial charge in [-0.15, -0.1) is 0 Å². The molecule has 6 nitrogen and oxygen atoms in total. The highest BCUT2D eigenvalue weighted by Gasteiger charge is 2.09. The molecule has 2 rings (SSSR count). The fraction of sp³-hybridized carbons (Fsp3) is 0.500. The molecule has 0 saturated carbocycles. The maximum atomic E-state index is 4.43. The molecule has 19 heavy (non-hydrogen) atoms. The highest BCUT2D eigenvalue weighted by Crippen LogP contribution is 2.18. The zero-order valence-electron chi connectivity index (χ0n) is 11.4. The third-order valence-corrected chi connectivity index (χ3v) is 3.47. The fourth-order valence-electron chi connectivity index (χ4n) is 1.38. The normalized spacial score (nSPS) is 10.9. The van der Waals surface area contributed by atoms with Gasteiger partial charge in [-0.05, 0) is 18.9 Å². The number of thioether (sulfide) groups is 1. The van der Waals surface area contributed by atoms with E-state index in [1.54, 1.807) is 22.6 Å². The van der Waals surface area contributed by atoms with E-state index in [9.17, 15) is 0 Å². The summed E-state index contributed by atoms with van der Waals surface area (Å²) in [6.45, 7) is 7.14. The van der Waals surface area contributed by atoms with Crippen molar-refractivity contribution in [2.75, 3.05) is 17.6 Å². The summed E-state index contributed by atoms with van der Waals surface area (Å²) in [4.78, 5) is 13.2. The first kappa shape index (κ1) is 13.8. The van der Waals surface area contributed by atoms with Crippen LogP contribution in [0, 0.1) is 5.92 Å². The van der Waals surface area contributed by atoms with E-state index in [0.29, 0.717) is 17.8 Å². The van der Waals surface area contributed by atoms with Crippen molar-refractivity contribution < 1.29 is 0 Å². The van der Waals surface area contributed by atoms with E-state index < -0.39 is 0 Å². The van der Waals surface area contributed by atoms with E-state index in [2.05, 4.69) is 39.2 Å². The van der Waals surface area contributed by atoms with Gasteiger partial charge in [0.15, 0.2) is 5.16 Å². The van der Waals surface area contributed by atoms with Crippen LogP contribution < -0.4 is 5.32 Å². The van der Waals surface area contributed by atoms with Crippen LogP contribution in [-0.4, -0.2) is 37.0 Å². The molecule has 2 aromatic heterocycles. The van der Waals surface area contributed by atoms with Gasteiger partial charge in [0.1, 0.15) is 0 Å². The third-order valence-electron chi connectivity index (χ3n) is 2.19. The molecule has 1 N–H and O–H groups in total. The molecular formula is C12H18N6S. The molecule has 0 atom stereocenters. The van der Waals surface area contributed by atoms with Gasteiger partial charge in [-0.1, -0.05) is 25.6 Å². The van der Waals surface area contributed by atoms with Gasteiger partial charge in [0.05, 0.1) is 0 Å². The van der Waals surface area contributed by atoms with Crippen molar-refractivity contribution >= 4 is 17.7 Å².